The first kappa shape index (κ1) is 11.0. The molecule has 78 valence electrons. The van der Waals surface area contributed by atoms with Gasteiger partial charge in [-0.25, -0.2) is 0 Å². The first-order valence-corrected chi connectivity index (χ1v) is 5.53. The van der Waals surface area contributed by atoms with E-state index in [2.05, 4.69) is 22.9 Å². The molecule has 0 spiro atoms. The van der Waals surface area contributed by atoms with Crippen LogP contribution in [0.25, 0.3) is 0 Å². The Kier molecular flexibility index (Phi) is 4.44. The first-order chi connectivity index (χ1) is 6.88. The number of nitrogens with zero attached hydrogens (tertiary/aromatic N) is 2. The Balaban J connectivity index is 0.000000461. The maximum absolute atomic E-state index is 4.09. The van der Waals surface area contributed by atoms with Crippen molar-refractivity contribution in [2.75, 3.05) is 18.0 Å². The zero-order chi connectivity index (χ0) is 10.4. The van der Waals surface area contributed by atoms with E-state index in [0.29, 0.717) is 0 Å². The Bertz CT molecular complexity index is 265. The molecule has 1 aliphatic rings. The second kappa shape index (κ2) is 5.63. The molecule has 1 aromatic heterocycles. The lowest BCUT2D eigenvalue weighted by Crippen LogP contribution is -2.18. The number of rotatable bonds is 1. The monoisotopic (exact) mass is 192 g/mol. The SMILES string of the molecule is CC.Cc1cnccc1N1CCCC1. The molecule has 14 heavy (non-hydrogen) atoms. The Hall–Kier alpha value is -1.05. The van der Waals surface area contributed by atoms with Gasteiger partial charge in [0.25, 0.3) is 0 Å². The van der Waals surface area contributed by atoms with Crippen LogP contribution in [0.5, 0.6) is 0 Å². The van der Waals surface area contributed by atoms with Gasteiger partial charge in [-0.05, 0) is 31.4 Å². The Morgan fingerprint density at radius 3 is 2.43 bits per heavy atom. The van der Waals surface area contributed by atoms with Crippen LogP contribution in [0.1, 0.15) is 32.3 Å². The molecule has 1 aromatic rings. The van der Waals surface area contributed by atoms with Gasteiger partial charge in [0, 0.05) is 31.2 Å². The molecular formula is C12H20N2. The molecule has 1 saturated heterocycles. The van der Waals surface area contributed by atoms with E-state index >= 15 is 0 Å². The highest BCUT2D eigenvalue weighted by Crippen LogP contribution is 2.22. The standard InChI is InChI=1S/C10H14N2.C2H6/c1-9-8-11-5-4-10(9)12-6-2-3-7-12;1-2/h4-5,8H,2-3,6-7H2,1H3;1-2H3. The average molecular weight is 192 g/mol. The fourth-order valence-corrected chi connectivity index (χ4v) is 1.78. The summed E-state index contributed by atoms with van der Waals surface area (Å²) in [5.41, 5.74) is 2.65. The van der Waals surface area contributed by atoms with Gasteiger partial charge >= 0.3 is 0 Å². The Labute approximate surface area is 87.0 Å². The van der Waals surface area contributed by atoms with Crippen molar-refractivity contribution in [3.05, 3.63) is 24.0 Å². The highest BCUT2D eigenvalue weighted by molar-refractivity contribution is 5.51. The molecule has 0 amide bonds. The van der Waals surface area contributed by atoms with Gasteiger partial charge in [0.2, 0.25) is 0 Å². The normalized spacial score (nSPS) is 14.9. The van der Waals surface area contributed by atoms with E-state index in [0.717, 1.165) is 0 Å². The van der Waals surface area contributed by atoms with Crippen molar-refractivity contribution in [2.45, 2.75) is 33.6 Å². The van der Waals surface area contributed by atoms with Crippen LogP contribution in [-0.2, 0) is 0 Å². The van der Waals surface area contributed by atoms with Crippen LogP contribution in [0.15, 0.2) is 18.5 Å². The summed E-state index contributed by atoms with van der Waals surface area (Å²) in [5.74, 6) is 0. The van der Waals surface area contributed by atoms with Crippen molar-refractivity contribution >= 4 is 5.69 Å². The molecular weight excluding hydrogens is 172 g/mol. The Morgan fingerprint density at radius 2 is 1.86 bits per heavy atom. The third-order valence-electron chi connectivity index (χ3n) is 2.44. The van der Waals surface area contributed by atoms with Crippen molar-refractivity contribution in [2.24, 2.45) is 0 Å². The van der Waals surface area contributed by atoms with Crippen LogP contribution in [0.2, 0.25) is 0 Å². The molecule has 0 saturated carbocycles. The molecule has 0 N–H and O–H groups in total. The van der Waals surface area contributed by atoms with Crippen LogP contribution >= 0.6 is 0 Å². The lowest BCUT2D eigenvalue weighted by Gasteiger charge is -2.19. The molecule has 0 bridgehead atoms. The van der Waals surface area contributed by atoms with Gasteiger partial charge in [0.15, 0.2) is 0 Å². The summed E-state index contributed by atoms with van der Waals surface area (Å²) in [5, 5.41) is 0. The zero-order valence-corrected chi connectivity index (χ0v) is 9.45. The predicted molar refractivity (Wildman–Crippen MR) is 61.8 cm³/mol. The van der Waals surface area contributed by atoms with E-state index in [1.54, 1.807) is 0 Å². The minimum absolute atomic E-state index is 1.21. The summed E-state index contributed by atoms with van der Waals surface area (Å²) < 4.78 is 0. The van der Waals surface area contributed by atoms with Gasteiger partial charge in [-0.15, -0.1) is 0 Å². The molecule has 2 heterocycles. The molecule has 1 fully saturated rings. The molecule has 0 atom stereocenters. The van der Waals surface area contributed by atoms with Gasteiger partial charge in [-0.3, -0.25) is 4.98 Å². The van der Waals surface area contributed by atoms with Gasteiger partial charge in [0.1, 0.15) is 0 Å². The van der Waals surface area contributed by atoms with Gasteiger partial charge in [-0.2, -0.15) is 0 Å². The average Bonchev–Trinajstić information content (AvgIpc) is 2.75. The fraction of sp³-hybridized carbons (Fsp3) is 0.583. The summed E-state index contributed by atoms with van der Waals surface area (Å²) in [6.07, 6.45) is 6.48. The number of aryl methyl sites for hydroxylation is 1. The fourth-order valence-electron chi connectivity index (χ4n) is 1.78. The Morgan fingerprint density at radius 1 is 1.21 bits per heavy atom. The first-order valence-electron chi connectivity index (χ1n) is 5.53. The lowest BCUT2D eigenvalue weighted by atomic mass is 10.2. The van der Waals surface area contributed by atoms with Crippen LogP contribution in [0, 0.1) is 6.92 Å². The highest BCUT2D eigenvalue weighted by atomic mass is 15.1. The molecule has 2 rings (SSSR count). The van der Waals surface area contributed by atoms with E-state index in [9.17, 15) is 0 Å². The van der Waals surface area contributed by atoms with Crippen LogP contribution in [0.4, 0.5) is 5.69 Å². The van der Waals surface area contributed by atoms with Crippen LogP contribution in [0.3, 0.4) is 0 Å². The van der Waals surface area contributed by atoms with Crippen LogP contribution in [-0.4, -0.2) is 18.1 Å². The molecule has 0 aromatic carbocycles. The van der Waals surface area contributed by atoms with E-state index < -0.39 is 0 Å². The molecule has 0 aliphatic carbocycles. The summed E-state index contributed by atoms with van der Waals surface area (Å²) in [6.45, 7) is 8.55. The summed E-state index contributed by atoms with van der Waals surface area (Å²) in [4.78, 5) is 6.53. The number of anilines is 1. The van der Waals surface area contributed by atoms with Gasteiger partial charge in [-0.1, -0.05) is 13.8 Å². The van der Waals surface area contributed by atoms with E-state index in [4.69, 9.17) is 0 Å². The topological polar surface area (TPSA) is 16.1 Å². The molecule has 0 radical (unpaired) electrons. The van der Waals surface area contributed by atoms with E-state index in [-0.39, 0.29) is 0 Å². The molecule has 2 nitrogen and oxygen atoms in total. The minimum atomic E-state index is 1.21. The zero-order valence-electron chi connectivity index (χ0n) is 9.45. The van der Waals surface area contributed by atoms with Crippen LogP contribution < -0.4 is 4.90 Å². The number of hydrogen-bond acceptors (Lipinski definition) is 2. The smallest absolute Gasteiger partial charge is 0.0426 e. The van der Waals surface area contributed by atoms with Gasteiger partial charge in [0.05, 0.1) is 0 Å². The van der Waals surface area contributed by atoms with Crippen molar-refractivity contribution in [3.63, 3.8) is 0 Å². The largest absolute Gasteiger partial charge is 0.371 e. The van der Waals surface area contributed by atoms with Crippen molar-refractivity contribution in [1.29, 1.82) is 0 Å². The summed E-state index contributed by atoms with van der Waals surface area (Å²) in [6, 6.07) is 2.11. The molecule has 1 aliphatic heterocycles. The number of hydrogen-bond donors (Lipinski definition) is 0. The maximum Gasteiger partial charge on any atom is 0.0426 e. The third-order valence-corrected chi connectivity index (χ3v) is 2.44. The maximum atomic E-state index is 4.09. The lowest BCUT2D eigenvalue weighted by molar-refractivity contribution is 0.949. The second-order valence-electron chi connectivity index (χ2n) is 3.36. The van der Waals surface area contributed by atoms with Gasteiger partial charge < -0.3 is 4.90 Å². The predicted octanol–water partition coefficient (Wildman–Crippen LogP) is 3.02. The minimum Gasteiger partial charge on any atom is -0.371 e. The second-order valence-corrected chi connectivity index (χ2v) is 3.36. The van der Waals surface area contributed by atoms with Crippen molar-refractivity contribution in [3.8, 4) is 0 Å². The molecule has 2 heteroatoms. The third kappa shape index (κ3) is 2.47. The highest BCUT2D eigenvalue weighted by Gasteiger charge is 2.13. The summed E-state index contributed by atoms with van der Waals surface area (Å²) >= 11 is 0. The van der Waals surface area contributed by atoms with E-state index in [1.165, 1.54) is 37.2 Å². The number of pyridine rings is 1. The quantitative estimate of drug-likeness (QED) is 0.680. The van der Waals surface area contributed by atoms with Crippen molar-refractivity contribution in [1.82, 2.24) is 4.98 Å². The van der Waals surface area contributed by atoms with Crippen molar-refractivity contribution < 1.29 is 0 Å². The number of aromatic nitrogens is 1. The van der Waals surface area contributed by atoms with E-state index in [1.807, 2.05) is 26.2 Å². The molecule has 0 unspecified atom stereocenters. The summed E-state index contributed by atoms with van der Waals surface area (Å²) in [7, 11) is 0.